The second-order valence-corrected chi connectivity index (χ2v) is 8.14. The highest BCUT2D eigenvalue weighted by Gasteiger charge is 2.26. The van der Waals surface area contributed by atoms with Gasteiger partial charge >= 0.3 is 11.7 Å². The van der Waals surface area contributed by atoms with Crippen molar-refractivity contribution in [3.63, 3.8) is 0 Å². The summed E-state index contributed by atoms with van der Waals surface area (Å²) in [6, 6.07) is 9.49. The number of carbonyl (C=O) groups excluding carboxylic acids is 2. The molecule has 3 aromatic rings. The zero-order valence-corrected chi connectivity index (χ0v) is 16.1. The van der Waals surface area contributed by atoms with E-state index in [9.17, 15) is 26.8 Å². The van der Waals surface area contributed by atoms with Crippen LogP contribution < -0.4 is 0 Å². The van der Waals surface area contributed by atoms with Crippen LogP contribution in [-0.2, 0) is 21.0 Å². The van der Waals surface area contributed by atoms with Gasteiger partial charge in [0.2, 0.25) is 15.6 Å². The fourth-order valence-electron chi connectivity index (χ4n) is 2.92. The quantitative estimate of drug-likeness (QED) is 0.463. The van der Waals surface area contributed by atoms with Gasteiger partial charge in [0, 0.05) is 22.7 Å². The molecule has 0 unspecified atom stereocenters. The van der Waals surface area contributed by atoms with E-state index < -0.39 is 38.8 Å². The van der Waals surface area contributed by atoms with Gasteiger partial charge in [-0.25, -0.2) is 13.2 Å². The molecule has 0 spiro atoms. The maximum atomic E-state index is 12.5. The van der Waals surface area contributed by atoms with Gasteiger partial charge in [-0.15, -0.1) is 0 Å². The fourth-order valence-corrected chi connectivity index (χ4v) is 3.64. The molecule has 0 bridgehead atoms. The first-order chi connectivity index (χ1) is 13.8. The number of sulfone groups is 1. The van der Waals surface area contributed by atoms with Crippen molar-refractivity contribution in [2.75, 3.05) is 6.61 Å². The van der Waals surface area contributed by atoms with E-state index >= 15 is 0 Å². The SMILES string of the molecule is CCc1cccc2c(C(=O)COC(=O)c3ccc(S(=O)(=O)C(F)F)cc3)c[nH]c12. The lowest BCUT2D eigenvalue weighted by Gasteiger charge is -2.06. The van der Waals surface area contributed by atoms with Crippen molar-refractivity contribution in [1.82, 2.24) is 4.98 Å². The molecule has 1 heterocycles. The summed E-state index contributed by atoms with van der Waals surface area (Å²) in [7, 11) is -4.74. The Morgan fingerprint density at radius 2 is 1.79 bits per heavy atom. The van der Waals surface area contributed by atoms with E-state index in [4.69, 9.17) is 4.74 Å². The second kappa shape index (κ2) is 8.12. The summed E-state index contributed by atoms with van der Waals surface area (Å²) in [5.74, 6) is -4.83. The Balaban J connectivity index is 1.70. The van der Waals surface area contributed by atoms with Gasteiger partial charge in [0.1, 0.15) is 0 Å². The maximum absolute atomic E-state index is 12.5. The van der Waals surface area contributed by atoms with Crippen LogP contribution in [0, 0.1) is 0 Å². The normalized spacial score (nSPS) is 11.7. The Hall–Kier alpha value is -3.07. The molecule has 3 rings (SSSR count). The Kier molecular flexibility index (Phi) is 5.78. The lowest BCUT2D eigenvalue weighted by atomic mass is 10.1. The number of aryl methyl sites for hydroxylation is 1. The number of fused-ring (bicyclic) bond motifs is 1. The van der Waals surface area contributed by atoms with Crippen molar-refractivity contribution in [2.24, 2.45) is 0 Å². The monoisotopic (exact) mass is 421 g/mol. The van der Waals surface area contributed by atoms with Gasteiger partial charge in [0.15, 0.2) is 6.61 Å². The number of halogens is 2. The van der Waals surface area contributed by atoms with Crippen LogP contribution in [0.3, 0.4) is 0 Å². The lowest BCUT2D eigenvalue weighted by Crippen LogP contribution is -2.15. The Labute approximate surface area is 165 Å². The van der Waals surface area contributed by atoms with Crippen LogP contribution >= 0.6 is 0 Å². The number of para-hydroxylation sites is 1. The molecular formula is C20H17F2NO5S. The third-order valence-electron chi connectivity index (χ3n) is 4.47. The van der Waals surface area contributed by atoms with Gasteiger partial charge in [0.05, 0.1) is 10.5 Å². The third-order valence-corrected chi connectivity index (χ3v) is 5.87. The van der Waals surface area contributed by atoms with Gasteiger partial charge in [0.25, 0.3) is 0 Å². The van der Waals surface area contributed by atoms with Crippen LogP contribution in [-0.4, -0.2) is 37.5 Å². The summed E-state index contributed by atoms with van der Waals surface area (Å²) >= 11 is 0. The van der Waals surface area contributed by atoms with Crippen molar-refractivity contribution < 1.29 is 31.5 Å². The molecule has 0 aliphatic carbocycles. The number of benzene rings is 2. The molecule has 9 heteroatoms. The number of nitrogens with one attached hydrogen (secondary N) is 1. The van der Waals surface area contributed by atoms with Crippen LogP contribution in [0.4, 0.5) is 8.78 Å². The van der Waals surface area contributed by atoms with Crippen LogP contribution in [0.25, 0.3) is 10.9 Å². The number of alkyl halides is 2. The van der Waals surface area contributed by atoms with Gasteiger partial charge in [-0.1, -0.05) is 25.1 Å². The van der Waals surface area contributed by atoms with Crippen molar-refractivity contribution in [2.45, 2.75) is 24.0 Å². The number of esters is 1. The largest absolute Gasteiger partial charge is 0.454 e. The van der Waals surface area contributed by atoms with E-state index in [1.807, 2.05) is 19.1 Å². The molecular weight excluding hydrogens is 404 g/mol. The number of Topliss-reactive ketones (excluding diaryl/α,β-unsaturated/α-hetero) is 1. The summed E-state index contributed by atoms with van der Waals surface area (Å²) in [6.45, 7) is 1.48. The molecule has 0 saturated heterocycles. The number of hydrogen-bond acceptors (Lipinski definition) is 5. The van der Waals surface area contributed by atoms with Gasteiger partial charge in [-0.3, -0.25) is 4.79 Å². The standard InChI is InChI=1S/C20H17F2NO5S/c1-2-12-4-3-5-15-16(10-23-18(12)15)17(24)11-28-19(25)13-6-8-14(9-7-13)29(26,27)20(21)22/h3-10,20,23H,2,11H2,1H3. The summed E-state index contributed by atoms with van der Waals surface area (Å²) in [5.41, 5.74) is 2.23. The number of ketones is 1. The highest BCUT2D eigenvalue weighted by Crippen LogP contribution is 2.23. The number of H-pyrrole nitrogens is 1. The van der Waals surface area contributed by atoms with E-state index in [2.05, 4.69) is 4.98 Å². The first-order valence-electron chi connectivity index (χ1n) is 8.67. The van der Waals surface area contributed by atoms with Crippen LogP contribution in [0.2, 0.25) is 0 Å². The number of ether oxygens (including phenoxy) is 1. The minimum Gasteiger partial charge on any atom is -0.454 e. The molecule has 0 radical (unpaired) electrons. The predicted molar refractivity (Wildman–Crippen MR) is 102 cm³/mol. The molecule has 1 aromatic heterocycles. The molecule has 0 aliphatic heterocycles. The number of rotatable bonds is 7. The molecule has 6 nitrogen and oxygen atoms in total. The van der Waals surface area contributed by atoms with Crippen molar-refractivity contribution >= 4 is 32.5 Å². The third kappa shape index (κ3) is 4.04. The summed E-state index contributed by atoms with van der Waals surface area (Å²) < 4.78 is 52.9. The summed E-state index contributed by atoms with van der Waals surface area (Å²) in [6.07, 6.45) is 2.35. The van der Waals surface area contributed by atoms with Gasteiger partial charge in [-0.05, 0) is 36.2 Å². The van der Waals surface area contributed by atoms with Crippen LogP contribution in [0.1, 0.15) is 33.2 Å². The van der Waals surface area contributed by atoms with Crippen LogP contribution in [0.15, 0.2) is 53.6 Å². The topological polar surface area (TPSA) is 93.3 Å². The van der Waals surface area contributed by atoms with E-state index in [0.717, 1.165) is 47.2 Å². The summed E-state index contributed by atoms with van der Waals surface area (Å²) in [4.78, 5) is 27.0. The number of carbonyl (C=O) groups is 2. The smallest absolute Gasteiger partial charge is 0.341 e. The first kappa shape index (κ1) is 20.7. The number of aromatic nitrogens is 1. The van der Waals surface area contributed by atoms with E-state index in [-0.39, 0.29) is 5.56 Å². The van der Waals surface area contributed by atoms with Crippen molar-refractivity contribution in [3.8, 4) is 0 Å². The highest BCUT2D eigenvalue weighted by molar-refractivity contribution is 7.91. The molecule has 0 atom stereocenters. The molecule has 29 heavy (non-hydrogen) atoms. The molecule has 0 saturated carbocycles. The number of aromatic amines is 1. The molecule has 1 N–H and O–H groups in total. The van der Waals surface area contributed by atoms with Crippen molar-refractivity contribution in [3.05, 3.63) is 65.4 Å². The molecule has 0 amide bonds. The van der Waals surface area contributed by atoms with E-state index in [1.165, 1.54) is 0 Å². The Bertz CT molecular complexity index is 1170. The summed E-state index contributed by atoms with van der Waals surface area (Å²) in [5, 5.41) is 0.729. The lowest BCUT2D eigenvalue weighted by molar-refractivity contribution is 0.0475. The zero-order chi connectivity index (χ0) is 21.2. The van der Waals surface area contributed by atoms with Gasteiger partial charge in [-0.2, -0.15) is 8.78 Å². The molecule has 0 aliphatic rings. The first-order valence-corrected chi connectivity index (χ1v) is 10.2. The zero-order valence-electron chi connectivity index (χ0n) is 15.3. The van der Waals surface area contributed by atoms with Gasteiger partial charge < -0.3 is 9.72 Å². The average Bonchev–Trinajstić information content (AvgIpc) is 3.16. The van der Waals surface area contributed by atoms with E-state index in [0.29, 0.717) is 5.56 Å². The average molecular weight is 421 g/mol. The molecule has 0 fully saturated rings. The van der Waals surface area contributed by atoms with E-state index in [1.54, 1.807) is 12.3 Å². The van der Waals surface area contributed by atoms with Crippen molar-refractivity contribution in [1.29, 1.82) is 0 Å². The second-order valence-electron chi connectivity index (χ2n) is 6.22. The highest BCUT2D eigenvalue weighted by atomic mass is 32.2. The minimum absolute atomic E-state index is 0.0572. The minimum atomic E-state index is -4.74. The number of hydrogen-bond donors (Lipinski definition) is 1. The molecule has 2 aromatic carbocycles. The Morgan fingerprint density at radius 1 is 1.10 bits per heavy atom. The van der Waals surface area contributed by atoms with Crippen LogP contribution in [0.5, 0.6) is 0 Å². The molecule has 152 valence electrons. The maximum Gasteiger partial charge on any atom is 0.341 e. The predicted octanol–water partition coefficient (Wildman–Crippen LogP) is 3.77. The Morgan fingerprint density at radius 3 is 2.41 bits per heavy atom. The fraction of sp³-hybridized carbons (Fsp3) is 0.200.